The van der Waals surface area contributed by atoms with E-state index in [2.05, 4.69) is 22.2 Å². The van der Waals surface area contributed by atoms with E-state index in [1.54, 1.807) is 23.9 Å². The normalized spacial score (nSPS) is 14.8. The molecule has 1 fully saturated rings. The summed E-state index contributed by atoms with van der Waals surface area (Å²) in [7, 11) is 0. The summed E-state index contributed by atoms with van der Waals surface area (Å²) in [6.07, 6.45) is 8.16. The van der Waals surface area contributed by atoms with Crippen LogP contribution in [0.1, 0.15) is 36.8 Å². The summed E-state index contributed by atoms with van der Waals surface area (Å²) in [5.74, 6) is 0. The Kier molecular flexibility index (Phi) is 3.84. The van der Waals surface area contributed by atoms with Gasteiger partial charge in [-0.05, 0) is 25.3 Å². The smallest absolute Gasteiger partial charge is 0.142 e. The van der Waals surface area contributed by atoms with Gasteiger partial charge in [0.2, 0.25) is 0 Å². The fraction of sp³-hybridized carbons (Fsp3) is 0.500. The van der Waals surface area contributed by atoms with Gasteiger partial charge >= 0.3 is 0 Å². The third-order valence-corrected chi connectivity index (χ3v) is 4.31. The zero-order valence-corrected chi connectivity index (χ0v) is 11.9. The van der Waals surface area contributed by atoms with Crippen LogP contribution in [0.5, 0.6) is 0 Å². The molecule has 4 nitrogen and oxygen atoms in total. The molecule has 0 saturated heterocycles. The molecule has 1 saturated carbocycles. The molecule has 0 atom stereocenters. The zero-order chi connectivity index (χ0) is 13.1. The molecule has 3 rings (SSSR count). The molecule has 2 heterocycles. The molecule has 5 heteroatoms. The van der Waals surface area contributed by atoms with Crippen LogP contribution >= 0.6 is 11.3 Å². The summed E-state index contributed by atoms with van der Waals surface area (Å²) in [6, 6.07) is 2.66. The molecule has 2 aromatic heterocycles. The molecule has 2 aromatic rings. The minimum Gasteiger partial charge on any atom is -0.309 e. The van der Waals surface area contributed by atoms with Crippen molar-refractivity contribution in [3.05, 3.63) is 29.2 Å². The molecule has 19 heavy (non-hydrogen) atoms. The van der Waals surface area contributed by atoms with Gasteiger partial charge in [-0.1, -0.05) is 13.3 Å². The van der Waals surface area contributed by atoms with Gasteiger partial charge in [0.05, 0.1) is 5.69 Å². The molecule has 0 radical (unpaired) electrons. The Labute approximate surface area is 117 Å². The molecule has 1 aliphatic carbocycles. The molecule has 0 spiro atoms. The molecule has 0 aromatic carbocycles. The van der Waals surface area contributed by atoms with Crippen molar-refractivity contribution in [3.8, 4) is 10.7 Å². The average molecular weight is 274 g/mol. The highest BCUT2D eigenvalue weighted by Crippen LogP contribution is 2.28. The van der Waals surface area contributed by atoms with Gasteiger partial charge in [0.1, 0.15) is 17.0 Å². The Bertz CT molecular complexity index is 534. The van der Waals surface area contributed by atoms with Gasteiger partial charge in [-0.25, -0.2) is 15.0 Å². The summed E-state index contributed by atoms with van der Waals surface area (Å²) >= 11 is 1.76. The number of nitrogens with zero attached hydrogens (tertiary/aromatic N) is 3. The minimum absolute atomic E-state index is 0.735. The highest BCUT2D eigenvalue weighted by Gasteiger charge is 2.21. The first kappa shape index (κ1) is 12.7. The lowest BCUT2D eigenvalue weighted by molar-refractivity contribution is 0.686. The number of rotatable bonds is 6. The Morgan fingerprint density at radius 2 is 2.32 bits per heavy atom. The van der Waals surface area contributed by atoms with Crippen molar-refractivity contribution in [2.24, 2.45) is 0 Å². The maximum Gasteiger partial charge on any atom is 0.142 e. The Balaban J connectivity index is 1.82. The van der Waals surface area contributed by atoms with Crippen LogP contribution in [-0.4, -0.2) is 21.0 Å². The van der Waals surface area contributed by atoms with Crippen molar-refractivity contribution >= 4 is 11.3 Å². The SMILES string of the molecule is CCCc1nc(-c2ccncn2)sc1CNC1CC1. The quantitative estimate of drug-likeness (QED) is 0.880. The Morgan fingerprint density at radius 3 is 3.00 bits per heavy atom. The lowest BCUT2D eigenvalue weighted by Crippen LogP contribution is -2.15. The molecule has 0 amide bonds. The summed E-state index contributed by atoms with van der Waals surface area (Å²) in [4.78, 5) is 14.4. The van der Waals surface area contributed by atoms with E-state index in [9.17, 15) is 0 Å². The summed E-state index contributed by atoms with van der Waals surface area (Å²) in [6.45, 7) is 3.14. The monoisotopic (exact) mass is 274 g/mol. The highest BCUT2D eigenvalue weighted by molar-refractivity contribution is 7.15. The Morgan fingerprint density at radius 1 is 1.42 bits per heavy atom. The second-order valence-corrected chi connectivity index (χ2v) is 5.97. The van der Waals surface area contributed by atoms with E-state index >= 15 is 0 Å². The lowest BCUT2D eigenvalue weighted by atomic mass is 10.2. The van der Waals surface area contributed by atoms with Crippen molar-refractivity contribution in [3.63, 3.8) is 0 Å². The van der Waals surface area contributed by atoms with Gasteiger partial charge in [-0.2, -0.15) is 0 Å². The van der Waals surface area contributed by atoms with Crippen LogP contribution in [0.25, 0.3) is 10.7 Å². The number of hydrogen-bond donors (Lipinski definition) is 1. The maximum atomic E-state index is 4.76. The van der Waals surface area contributed by atoms with Crippen molar-refractivity contribution in [2.75, 3.05) is 0 Å². The van der Waals surface area contributed by atoms with Gasteiger partial charge in [0.15, 0.2) is 0 Å². The standard InChI is InChI=1S/C14H18N4S/c1-2-3-11-13(8-16-10-4-5-10)19-14(18-11)12-6-7-15-9-17-12/h6-7,9-10,16H,2-5,8H2,1H3. The first-order valence-electron chi connectivity index (χ1n) is 6.85. The van der Waals surface area contributed by atoms with E-state index in [1.807, 2.05) is 6.07 Å². The van der Waals surface area contributed by atoms with E-state index in [0.717, 1.165) is 36.1 Å². The van der Waals surface area contributed by atoms with Crippen LogP contribution in [0.4, 0.5) is 0 Å². The summed E-state index contributed by atoms with van der Waals surface area (Å²) in [5.41, 5.74) is 2.16. The van der Waals surface area contributed by atoms with Crippen molar-refractivity contribution in [2.45, 2.75) is 45.2 Å². The third-order valence-electron chi connectivity index (χ3n) is 3.19. The lowest BCUT2D eigenvalue weighted by Gasteiger charge is -2.01. The van der Waals surface area contributed by atoms with Crippen LogP contribution < -0.4 is 5.32 Å². The number of thiazole rings is 1. The minimum atomic E-state index is 0.735. The van der Waals surface area contributed by atoms with Crippen LogP contribution in [-0.2, 0) is 13.0 Å². The second-order valence-electron chi connectivity index (χ2n) is 4.89. The molecular formula is C14H18N4S. The van der Waals surface area contributed by atoms with E-state index < -0.39 is 0 Å². The van der Waals surface area contributed by atoms with Crippen LogP contribution in [0, 0.1) is 0 Å². The van der Waals surface area contributed by atoms with Crippen molar-refractivity contribution in [1.29, 1.82) is 0 Å². The van der Waals surface area contributed by atoms with E-state index in [1.165, 1.54) is 23.4 Å². The fourth-order valence-electron chi connectivity index (χ4n) is 2.00. The van der Waals surface area contributed by atoms with Crippen molar-refractivity contribution < 1.29 is 0 Å². The second kappa shape index (κ2) is 5.75. The van der Waals surface area contributed by atoms with Gasteiger partial charge < -0.3 is 5.32 Å². The number of nitrogens with one attached hydrogen (secondary N) is 1. The van der Waals surface area contributed by atoms with E-state index in [-0.39, 0.29) is 0 Å². The van der Waals surface area contributed by atoms with Gasteiger partial charge in [-0.3, -0.25) is 0 Å². The van der Waals surface area contributed by atoms with E-state index in [0.29, 0.717) is 0 Å². The number of aryl methyl sites for hydroxylation is 1. The molecular weight excluding hydrogens is 256 g/mol. The van der Waals surface area contributed by atoms with Gasteiger partial charge in [-0.15, -0.1) is 11.3 Å². The molecule has 0 bridgehead atoms. The number of aromatic nitrogens is 3. The predicted octanol–water partition coefficient (Wildman–Crippen LogP) is 2.80. The molecule has 1 N–H and O–H groups in total. The largest absolute Gasteiger partial charge is 0.309 e. The molecule has 1 aliphatic rings. The average Bonchev–Trinajstić information content (AvgIpc) is 3.19. The van der Waals surface area contributed by atoms with Gasteiger partial charge in [0.25, 0.3) is 0 Å². The summed E-state index contributed by atoms with van der Waals surface area (Å²) in [5, 5.41) is 4.59. The van der Waals surface area contributed by atoms with Crippen LogP contribution in [0.15, 0.2) is 18.6 Å². The first-order chi connectivity index (χ1) is 9.36. The third kappa shape index (κ3) is 3.16. The topological polar surface area (TPSA) is 50.7 Å². The maximum absolute atomic E-state index is 4.76. The highest BCUT2D eigenvalue weighted by atomic mass is 32.1. The fourth-order valence-corrected chi connectivity index (χ4v) is 3.04. The zero-order valence-electron chi connectivity index (χ0n) is 11.1. The van der Waals surface area contributed by atoms with Crippen LogP contribution in [0.2, 0.25) is 0 Å². The van der Waals surface area contributed by atoms with Crippen molar-refractivity contribution in [1.82, 2.24) is 20.3 Å². The van der Waals surface area contributed by atoms with Crippen LogP contribution in [0.3, 0.4) is 0 Å². The summed E-state index contributed by atoms with van der Waals surface area (Å²) < 4.78 is 0. The van der Waals surface area contributed by atoms with Gasteiger partial charge in [0, 0.05) is 23.7 Å². The molecule has 100 valence electrons. The predicted molar refractivity (Wildman–Crippen MR) is 77.0 cm³/mol. The number of hydrogen-bond acceptors (Lipinski definition) is 5. The van der Waals surface area contributed by atoms with E-state index in [4.69, 9.17) is 4.98 Å². The first-order valence-corrected chi connectivity index (χ1v) is 7.67. The molecule has 0 aliphatic heterocycles. The molecule has 0 unspecified atom stereocenters. The Hall–Kier alpha value is -1.33.